The van der Waals surface area contributed by atoms with Crippen LogP contribution in [-0.2, 0) is 4.74 Å². The molecule has 1 amide bonds. The van der Waals surface area contributed by atoms with Gasteiger partial charge in [0.2, 0.25) is 0 Å². The predicted molar refractivity (Wildman–Crippen MR) is 119 cm³/mol. The molecule has 0 aromatic heterocycles. The monoisotopic (exact) mass is 500 g/mol. The second-order valence-electron chi connectivity index (χ2n) is 7.48. The zero-order valence-electron chi connectivity index (χ0n) is 16.4. The first kappa shape index (κ1) is 21.2. The molecule has 28 heavy (non-hydrogen) atoms. The zero-order valence-corrected chi connectivity index (χ0v) is 18.7. The molecule has 1 aromatic rings. The maximum atomic E-state index is 12.2. The van der Waals surface area contributed by atoms with Crippen LogP contribution in [0.2, 0.25) is 0 Å². The van der Waals surface area contributed by atoms with E-state index in [1.165, 1.54) is 12.8 Å². The Labute approximate surface area is 183 Å². The highest BCUT2D eigenvalue weighted by Gasteiger charge is 2.53. The topological polar surface area (TPSA) is 75.2 Å². The van der Waals surface area contributed by atoms with E-state index in [1.807, 2.05) is 19.2 Å². The second-order valence-corrected chi connectivity index (χ2v) is 7.48. The smallest absolute Gasteiger partial charge is 0.251 e. The molecule has 8 heteroatoms. The van der Waals surface area contributed by atoms with Gasteiger partial charge < -0.3 is 25.0 Å². The second kappa shape index (κ2) is 9.30. The van der Waals surface area contributed by atoms with Crippen LogP contribution in [0.25, 0.3) is 0 Å². The number of nitrogens with zero attached hydrogens (tertiary/aromatic N) is 2. The third kappa shape index (κ3) is 4.22. The van der Waals surface area contributed by atoms with Crippen LogP contribution in [0.4, 0.5) is 0 Å². The number of amides is 1. The fourth-order valence-corrected chi connectivity index (χ4v) is 4.68. The van der Waals surface area contributed by atoms with Gasteiger partial charge in [-0.3, -0.25) is 9.79 Å². The molecule has 3 aliphatic rings. The molecule has 4 rings (SSSR count). The van der Waals surface area contributed by atoms with Gasteiger partial charge in [0.1, 0.15) is 5.75 Å². The number of hydrogen-bond acceptors (Lipinski definition) is 4. The van der Waals surface area contributed by atoms with E-state index in [0.717, 1.165) is 19.0 Å². The van der Waals surface area contributed by atoms with Crippen LogP contribution in [0, 0.1) is 11.8 Å². The summed E-state index contributed by atoms with van der Waals surface area (Å²) in [6.07, 6.45) is 3.32. The SMILES string of the molecule is CN=C(NCCNC(=O)c1cccc(OC)c1)N1CC2C3CCC(O3)C2C1.I. The number of carbonyl (C=O) groups is 1. The number of likely N-dealkylation sites (tertiary alicyclic amines) is 1. The van der Waals surface area contributed by atoms with Crippen LogP contribution in [0.15, 0.2) is 29.3 Å². The van der Waals surface area contributed by atoms with Crippen LogP contribution in [0.1, 0.15) is 23.2 Å². The van der Waals surface area contributed by atoms with Crippen molar-refractivity contribution in [3.63, 3.8) is 0 Å². The van der Waals surface area contributed by atoms with E-state index in [4.69, 9.17) is 9.47 Å². The molecule has 0 saturated carbocycles. The lowest BCUT2D eigenvalue weighted by molar-refractivity contribution is 0.0767. The Balaban J connectivity index is 0.00000225. The van der Waals surface area contributed by atoms with Gasteiger partial charge in [-0.2, -0.15) is 0 Å². The van der Waals surface area contributed by atoms with Crippen molar-refractivity contribution in [1.29, 1.82) is 0 Å². The van der Waals surface area contributed by atoms with E-state index in [9.17, 15) is 4.79 Å². The van der Waals surface area contributed by atoms with E-state index < -0.39 is 0 Å². The average Bonchev–Trinajstić information content (AvgIpc) is 3.41. The molecule has 3 fully saturated rings. The number of hydrogen-bond donors (Lipinski definition) is 2. The normalized spacial score (nSPS) is 27.9. The van der Waals surface area contributed by atoms with Crippen LogP contribution in [-0.4, -0.2) is 69.3 Å². The number of fused-ring (bicyclic) bond motifs is 5. The lowest BCUT2D eigenvalue weighted by atomic mass is 9.82. The van der Waals surface area contributed by atoms with Crippen molar-refractivity contribution in [3.05, 3.63) is 29.8 Å². The first-order chi connectivity index (χ1) is 13.2. The number of ether oxygens (including phenoxy) is 2. The molecule has 4 unspecified atom stereocenters. The standard InChI is InChI=1S/C20H28N4O3.HI/c1-21-20(24-11-15-16(12-24)18-7-6-17(15)27-18)23-9-8-22-19(25)13-4-3-5-14(10-13)26-2;/h3-5,10,15-18H,6-9,11-12H2,1-2H3,(H,21,23)(H,22,25);1H. The van der Waals surface area contributed by atoms with Crippen LogP contribution >= 0.6 is 24.0 Å². The lowest BCUT2D eigenvalue weighted by Crippen LogP contribution is -2.44. The number of methoxy groups -OCH3 is 1. The van der Waals surface area contributed by atoms with Crippen molar-refractivity contribution in [2.75, 3.05) is 40.3 Å². The summed E-state index contributed by atoms with van der Waals surface area (Å²) in [6, 6.07) is 7.16. The number of guanidine groups is 1. The van der Waals surface area contributed by atoms with Crippen molar-refractivity contribution in [2.24, 2.45) is 16.8 Å². The molecule has 7 nitrogen and oxygen atoms in total. The minimum atomic E-state index is -0.102. The quantitative estimate of drug-likeness (QED) is 0.279. The van der Waals surface area contributed by atoms with Gasteiger partial charge in [-0.25, -0.2) is 0 Å². The summed E-state index contributed by atoms with van der Waals surface area (Å²) in [7, 11) is 3.41. The maximum absolute atomic E-state index is 12.2. The number of rotatable bonds is 5. The van der Waals surface area contributed by atoms with Crippen molar-refractivity contribution >= 4 is 35.8 Å². The highest BCUT2D eigenvalue weighted by Crippen LogP contribution is 2.47. The highest BCUT2D eigenvalue weighted by molar-refractivity contribution is 14.0. The van der Waals surface area contributed by atoms with Gasteiger partial charge in [0.15, 0.2) is 5.96 Å². The highest BCUT2D eigenvalue weighted by atomic mass is 127. The van der Waals surface area contributed by atoms with Crippen molar-refractivity contribution in [1.82, 2.24) is 15.5 Å². The van der Waals surface area contributed by atoms with Crippen molar-refractivity contribution < 1.29 is 14.3 Å². The molecule has 3 heterocycles. The first-order valence-corrected chi connectivity index (χ1v) is 9.73. The molecule has 0 radical (unpaired) electrons. The van der Waals surface area contributed by atoms with Crippen molar-refractivity contribution in [3.8, 4) is 5.75 Å². The van der Waals surface area contributed by atoms with Gasteiger partial charge in [0, 0.05) is 50.6 Å². The van der Waals surface area contributed by atoms with E-state index in [2.05, 4.69) is 20.5 Å². The summed E-state index contributed by atoms with van der Waals surface area (Å²) in [5.41, 5.74) is 0.599. The number of carbonyl (C=O) groups excluding carboxylic acids is 1. The molecule has 3 aliphatic heterocycles. The van der Waals surface area contributed by atoms with Gasteiger partial charge in [0.25, 0.3) is 5.91 Å². The number of nitrogens with one attached hydrogen (secondary N) is 2. The Kier molecular flexibility index (Phi) is 7.03. The van der Waals surface area contributed by atoms with E-state index in [0.29, 0.717) is 48.4 Å². The Hall–Kier alpha value is -1.55. The Morgan fingerprint density at radius 1 is 1.21 bits per heavy atom. The van der Waals surface area contributed by atoms with Crippen LogP contribution in [0.5, 0.6) is 5.75 Å². The third-order valence-electron chi connectivity index (χ3n) is 5.99. The van der Waals surface area contributed by atoms with Crippen LogP contribution < -0.4 is 15.4 Å². The third-order valence-corrected chi connectivity index (χ3v) is 5.99. The fourth-order valence-electron chi connectivity index (χ4n) is 4.68. The molecule has 3 saturated heterocycles. The molecule has 2 N–H and O–H groups in total. The van der Waals surface area contributed by atoms with Gasteiger partial charge >= 0.3 is 0 Å². The van der Waals surface area contributed by atoms with Gasteiger partial charge in [-0.05, 0) is 31.0 Å². The molecular weight excluding hydrogens is 471 g/mol. The number of aliphatic imine (C=N–C) groups is 1. The molecular formula is C20H29IN4O3. The molecule has 2 bridgehead atoms. The molecule has 1 aromatic carbocycles. The molecule has 0 aliphatic carbocycles. The van der Waals surface area contributed by atoms with E-state index in [-0.39, 0.29) is 29.9 Å². The first-order valence-electron chi connectivity index (χ1n) is 9.73. The van der Waals surface area contributed by atoms with E-state index in [1.54, 1.807) is 19.2 Å². The summed E-state index contributed by atoms with van der Waals surface area (Å²) < 4.78 is 11.2. The van der Waals surface area contributed by atoms with Gasteiger partial charge in [-0.1, -0.05) is 6.07 Å². The van der Waals surface area contributed by atoms with E-state index >= 15 is 0 Å². The molecule has 4 atom stereocenters. The Morgan fingerprint density at radius 3 is 2.54 bits per heavy atom. The van der Waals surface area contributed by atoms with Crippen molar-refractivity contribution in [2.45, 2.75) is 25.0 Å². The number of halogens is 1. The van der Waals surface area contributed by atoms with Crippen LogP contribution in [0.3, 0.4) is 0 Å². The summed E-state index contributed by atoms with van der Waals surface area (Å²) in [5, 5.41) is 6.31. The summed E-state index contributed by atoms with van der Waals surface area (Å²) >= 11 is 0. The van der Waals surface area contributed by atoms with Gasteiger partial charge in [0.05, 0.1) is 19.3 Å². The Morgan fingerprint density at radius 2 is 1.89 bits per heavy atom. The Bertz CT molecular complexity index is 711. The minimum Gasteiger partial charge on any atom is -0.497 e. The molecule has 0 spiro atoms. The fraction of sp³-hybridized carbons (Fsp3) is 0.600. The lowest BCUT2D eigenvalue weighted by Gasteiger charge is -2.23. The summed E-state index contributed by atoms with van der Waals surface area (Å²) in [5.74, 6) is 2.79. The summed E-state index contributed by atoms with van der Waals surface area (Å²) in [6.45, 7) is 3.20. The minimum absolute atomic E-state index is 0. The molecule has 154 valence electrons. The maximum Gasteiger partial charge on any atom is 0.251 e. The largest absolute Gasteiger partial charge is 0.497 e. The average molecular weight is 500 g/mol. The predicted octanol–water partition coefficient (Wildman–Crippen LogP) is 1.73. The summed E-state index contributed by atoms with van der Waals surface area (Å²) in [4.78, 5) is 19.0. The zero-order chi connectivity index (χ0) is 18.8. The van der Waals surface area contributed by atoms with Gasteiger partial charge in [-0.15, -0.1) is 24.0 Å². The number of benzene rings is 1.